The zero-order chi connectivity index (χ0) is 69.7. The summed E-state index contributed by atoms with van der Waals surface area (Å²) in [4.78, 5) is 19.5. The fraction of sp³-hybridized carbons (Fsp3) is 0.767. The molecule has 0 amide bonds. The summed E-state index contributed by atoms with van der Waals surface area (Å²) in [5.74, 6) is 5.41. The Labute approximate surface area is 599 Å². The van der Waals surface area contributed by atoms with Gasteiger partial charge in [-0.15, -0.1) is 0 Å². The van der Waals surface area contributed by atoms with Crippen molar-refractivity contribution in [2.45, 2.75) is 377 Å². The van der Waals surface area contributed by atoms with Crippen LogP contribution in [0.3, 0.4) is 0 Å². The highest BCUT2D eigenvalue weighted by atomic mass is 16.5. The number of ether oxygens (including phenoxy) is 8. The molecule has 0 atom stereocenters. The minimum absolute atomic E-state index is 0.542. The molecule has 98 heavy (non-hydrogen) atoms. The number of H-pyrrole nitrogens is 2. The molecule has 0 unspecified atom stereocenters. The second kappa shape index (κ2) is 54.7. The number of unbranched alkanes of at least 4 members (excludes halogenated alkanes) is 40. The Bertz CT molecular complexity index is 2580. The minimum Gasteiger partial charge on any atom is -0.488 e. The zero-order valence-electron chi connectivity index (χ0n) is 64.7. The monoisotopic (exact) mass is 1360 g/mol. The lowest BCUT2D eigenvalue weighted by molar-refractivity contribution is 0.234. The first kappa shape index (κ1) is 83.7. The third-order valence-electron chi connectivity index (χ3n) is 19.4. The molecule has 0 fully saturated rings. The molecular formula is C86H146N4O8. The lowest BCUT2D eigenvalue weighted by atomic mass is 10.1. The number of nitrogens with zero attached hydrogens (tertiary/aromatic N) is 2. The van der Waals surface area contributed by atoms with Crippen LogP contribution in [0.15, 0.2) is 18.2 Å². The molecule has 0 spiro atoms. The molecule has 3 aromatic heterocycles. The summed E-state index contributed by atoms with van der Waals surface area (Å²) in [7, 11) is 0. The molecule has 2 aliphatic rings. The average Bonchev–Trinajstić information content (AvgIpc) is 1.61. The van der Waals surface area contributed by atoms with Gasteiger partial charge in [-0.2, -0.15) is 0 Å². The van der Waals surface area contributed by atoms with Gasteiger partial charge in [-0.1, -0.05) is 319 Å². The molecule has 12 heteroatoms. The third kappa shape index (κ3) is 31.5. The molecule has 558 valence electrons. The zero-order valence-corrected chi connectivity index (χ0v) is 64.7. The largest absolute Gasteiger partial charge is 0.488 e. The first-order valence-electron chi connectivity index (χ1n) is 41.8. The van der Waals surface area contributed by atoms with Crippen molar-refractivity contribution in [3.63, 3.8) is 0 Å². The van der Waals surface area contributed by atoms with Gasteiger partial charge in [0.1, 0.15) is 22.8 Å². The molecule has 2 N–H and O–H groups in total. The number of nitrogens with one attached hydrogen (secondary N) is 2. The number of fused-ring (bicyclic) bond motifs is 8. The summed E-state index contributed by atoms with van der Waals surface area (Å²) in [6.07, 6.45) is 56.1. The van der Waals surface area contributed by atoms with Gasteiger partial charge >= 0.3 is 0 Å². The Kier molecular flexibility index (Phi) is 46.7. The van der Waals surface area contributed by atoms with Crippen LogP contribution in [0.4, 0.5) is 0 Å². The summed E-state index contributed by atoms with van der Waals surface area (Å²) in [6.45, 7) is 24.9. The second-order valence-corrected chi connectivity index (χ2v) is 28.4. The van der Waals surface area contributed by atoms with Gasteiger partial charge in [0.25, 0.3) is 0 Å². The van der Waals surface area contributed by atoms with Crippen LogP contribution in [0, 0.1) is 0 Å². The number of hydrogen-bond donors (Lipinski definition) is 2. The van der Waals surface area contributed by atoms with Crippen LogP contribution in [-0.4, -0.2) is 72.8 Å². The number of hydrogen-bond acceptors (Lipinski definition) is 10. The molecule has 0 saturated carbocycles. The van der Waals surface area contributed by atoms with Crippen LogP contribution in [0.2, 0.25) is 0 Å². The quantitative estimate of drug-likeness (QED) is 0.0527. The lowest BCUT2D eigenvalue weighted by Crippen LogP contribution is -2.05. The van der Waals surface area contributed by atoms with Crippen molar-refractivity contribution in [2.24, 2.45) is 0 Å². The molecule has 0 radical (unpaired) electrons. The average molecular weight is 1360 g/mol. The molecule has 2 aliphatic heterocycles. The van der Waals surface area contributed by atoms with Crippen LogP contribution in [0.5, 0.6) is 23.0 Å². The molecule has 5 rings (SSSR count). The summed E-state index contributed by atoms with van der Waals surface area (Å²) in [5.41, 5.74) is 6.88. The van der Waals surface area contributed by atoms with E-state index in [4.69, 9.17) is 47.9 Å². The van der Waals surface area contributed by atoms with Gasteiger partial charge in [0.15, 0.2) is 46.0 Å². The van der Waals surface area contributed by atoms with Gasteiger partial charge in [-0.05, 0) is 76.0 Å². The molecule has 12 nitrogen and oxygen atoms in total. The van der Waals surface area contributed by atoms with E-state index in [1.165, 1.54) is 205 Å². The fourth-order valence-corrected chi connectivity index (χ4v) is 13.3. The topological polar surface area (TPSA) is 131 Å². The van der Waals surface area contributed by atoms with Gasteiger partial charge in [0, 0.05) is 5.56 Å². The highest BCUT2D eigenvalue weighted by Gasteiger charge is 2.33. The van der Waals surface area contributed by atoms with E-state index in [1.54, 1.807) is 0 Å². The number of aromatic amines is 2. The highest BCUT2D eigenvalue weighted by molar-refractivity contribution is 5.94. The highest BCUT2D eigenvalue weighted by Crippen LogP contribution is 2.45. The van der Waals surface area contributed by atoms with E-state index < -0.39 is 0 Å². The summed E-state index contributed by atoms with van der Waals surface area (Å²) in [6, 6.07) is 6.47. The molecule has 0 aliphatic carbocycles. The van der Waals surface area contributed by atoms with Crippen LogP contribution in [0.1, 0.15) is 399 Å². The maximum atomic E-state index is 7.25. The summed E-state index contributed by atoms with van der Waals surface area (Å²) >= 11 is 0. The Morgan fingerprint density at radius 3 is 0.643 bits per heavy atom. The molecule has 5 heterocycles. The standard InChI is InChI=1S/C86H146N4O8/c1-10-19-27-35-43-51-59-91-79-71-67-72-80(92-60-52-44-36-28-20-11-2)82(94-62-54-46-38-30-22-13-4)74(88-72)69-76-84(96-64-56-48-40-32-24-15-6)86(98-66-58-50-42-34-26-17-8)78(90-76)70(18-9)77-85(97-65-57-49-41-33-25-16-7)83(95-63-55-47-39-31-23-14-5)75(89-77)68-73(87-71)81(79)93-61-53-45-37-29-21-12-3/h67-69,87-88H,10-66H2,1-9H3. The van der Waals surface area contributed by atoms with Crippen molar-refractivity contribution in [3.8, 4) is 23.0 Å². The van der Waals surface area contributed by atoms with Gasteiger partial charge in [-0.25, -0.2) is 9.97 Å². The van der Waals surface area contributed by atoms with E-state index in [9.17, 15) is 0 Å². The van der Waals surface area contributed by atoms with Crippen molar-refractivity contribution in [3.05, 3.63) is 46.5 Å². The van der Waals surface area contributed by atoms with Crippen LogP contribution >= 0.6 is 0 Å². The van der Waals surface area contributed by atoms with Crippen LogP contribution < -0.4 is 18.9 Å². The number of rotatable bonds is 65. The fourth-order valence-electron chi connectivity index (χ4n) is 13.3. The Balaban J connectivity index is 1.96. The predicted molar refractivity (Wildman–Crippen MR) is 417 cm³/mol. The maximum Gasteiger partial charge on any atom is 0.189 e. The van der Waals surface area contributed by atoms with E-state index >= 15 is 0 Å². The number of aromatic nitrogens is 4. The molecule has 8 bridgehead atoms. The second-order valence-electron chi connectivity index (χ2n) is 28.4. The van der Waals surface area contributed by atoms with Gasteiger partial charge in [-0.3, -0.25) is 0 Å². The van der Waals surface area contributed by atoms with Crippen LogP contribution in [0.25, 0.3) is 45.1 Å². The molecule has 0 saturated heterocycles. The maximum absolute atomic E-state index is 7.25. The lowest BCUT2D eigenvalue weighted by Gasteiger charge is -2.15. The van der Waals surface area contributed by atoms with Crippen molar-refractivity contribution in [2.75, 3.05) is 52.9 Å². The minimum atomic E-state index is 0.542. The Hall–Kier alpha value is -5.00. The summed E-state index contributed by atoms with van der Waals surface area (Å²) < 4.78 is 57.6. The van der Waals surface area contributed by atoms with Crippen LogP contribution in [-0.2, 0) is 25.4 Å². The summed E-state index contributed by atoms with van der Waals surface area (Å²) in [5, 5.41) is 0. The van der Waals surface area contributed by atoms with Gasteiger partial charge < -0.3 is 47.9 Å². The van der Waals surface area contributed by atoms with Gasteiger partial charge in [0.2, 0.25) is 0 Å². The molecule has 3 aromatic rings. The van der Waals surface area contributed by atoms with E-state index in [-0.39, 0.29) is 0 Å². The normalized spacial score (nSPS) is 12.3. The van der Waals surface area contributed by atoms with E-state index in [0.717, 1.165) is 142 Å². The van der Waals surface area contributed by atoms with Crippen molar-refractivity contribution in [1.82, 2.24) is 19.9 Å². The Morgan fingerprint density at radius 2 is 0.418 bits per heavy atom. The molecule has 0 aromatic carbocycles. The first-order chi connectivity index (χ1) is 48.4. The van der Waals surface area contributed by atoms with Crippen molar-refractivity contribution >= 4 is 45.1 Å². The van der Waals surface area contributed by atoms with E-state index in [0.29, 0.717) is 117 Å². The van der Waals surface area contributed by atoms with E-state index in [2.05, 4.69) is 90.5 Å². The van der Waals surface area contributed by atoms with E-state index in [1.807, 2.05) is 0 Å². The van der Waals surface area contributed by atoms with Crippen molar-refractivity contribution in [1.29, 1.82) is 0 Å². The predicted octanol–water partition coefficient (Wildman–Crippen LogP) is 27.0. The van der Waals surface area contributed by atoms with Crippen molar-refractivity contribution < 1.29 is 37.9 Å². The molecular weight excluding hydrogens is 1220 g/mol. The first-order valence-corrected chi connectivity index (χ1v) is 41.8. The smallest absolute Gasteiger partial charge is 0.189 e. The third-order valence-corrected chi connectivity index (χ3v) is 19.4. The Morgan fingerprint density at radius 1 is 0.224 bits per heavy atom. The van der Waals surface area contributed by atoms with Gasteiger partial charge in [0.05, 0.1) is 74.9 Å². The SMILES string of the molecule is CCCCCCCCOC1=C(OCCCCCCCC)c2nc1cc1[nH]c(cc3[nH]c(cc4nc(c2CC)C(OCCCCCCCC)=C4OCCCCCCCC)c(OCCCCCCCC)c3OCCCCCCCC)c(OCCCCCCCC)c1OCCCCCCCC.